The van der Waals surface area contributed by atoms with Crippen molar-refractivity contribution in [3.05, 3.63) is 35.6 Å². The summed E-state index contributed by atoms with van der Waals surface area (Å²) in [6.07, 6.45) is 5.24. The zero-order valence-corrected chi connectivity index (χ0v) is 12.1. The third kappa shape index (κ3) is 2.69. The third-order valence-corrected chi connectivity index (χ3v) is 5.06. The van der Waals surface area contributed by atoms with Crippen LogP contribution in [0.5, 0.6) is 0 Å². The van der Waals surface area contributed by atoms with Crippen LogP contribution in [0.25, 0.3) is 0 Å². The average molecular weight is 291 g/mol. The van der Waals surface area contributed by atoms with Crippen molar-refractivity contribution >= 4 is 5.91 Å². The number of nitrogens with one attached hydrogen (secondary N) is 1. The zero-order chi connectivity index (χ0) is 14.9. The normalized spacial score (nSPS) is 27.7. The lowest BCUT2D eigenvalue weighted by Crippen LogP contribution is -2.53. The van der Waals surface area contributed by atoms with Crippen molar-refractivity contribution in [2.45, 2.75) is 62.5 Å². The van der Waals surface area contributed by atoms with Crippen LogP contribution in [-0.4, -0.2) is 23.2 Å². The molecule has 2 fully saturated rings. The fraction of sp³-hybridized carbons (Fsp3) is 0.588. The van der Waals surface area contributed by atoms with Gasteiger partial charge in [0.05, 0.1) is 11.5 Å². The van der Waals surface area contributed by atoms with E-state index in [1.807, 2.05) is 0 Å². The molecule has 0 aliphatic heterocycles. The predicted molar refractivity (Wildman–Crippen MR) is 78.3 cm³/mol. The number of amides is 1. The Morgan fingerprint density at radius 2 is 1.86 bits per heavy atom. The fourth-order valence-corrected chi connectivity index (χ4v) is 3.54. The van der Waals surface area contributed by atoms with Crippen LogP contribution in [-0.2, 0) is 10.2 Å². The summed E-state index contributed by atoms with van der Waals surface area (Å²) in [5, 5.41) is 12.6. The van der Waals surface area contributed by atoms with E-state index in [4.69, 9.17) is 0 Å². The number of rotatable bonds is 3. The van der Waals surface area contributed by atoms with Gasteiger partial charge in [-0.2, -0.15) is 0 Å². The van der Waals surface area contributed by atoms with Gasteiger partial charge in [0.1, 0.15) is 5.82 Å². The Kier molecular flexibility index (Phi) is 3.98. The summed E-state index contributed by atoms with van der Waals surface area (Å²) in [7, 11) is 0. The van der Waals surface area contributed by atoms with Gasteiger partial charge in [0.25, 0.3) is 0 Å². The molecule has 0 radical (unpaired) electrons. The second-order valence-electron chi connectivity index (χ2n) is 6.39. The van der Waals surface area contributed by atoms with Crippen molar-refractivity contribution in [3.63, 3.8) is 0 Å². The smallest absolute Gasteiger partial charge is 0.230 e. The SMILES string of the molecule is O=C(NC1CCC(O)CC1)C1(c2ccccc2F)CCC1. The van der Waals surface area contributed by atoms with E-state index in [1.54, 1.807) is 18.2 Å². The van der Waals surface area contributed by atoms with Gasteiger partial charge in [0.15, 0.2) is 0 Å². The second kappa shape index (κ2) is 5.76. The highest BCUT2D eigenvalue weighted by Crippen LogP contribution is 2.45. The zero-order valence-electron chi connectivity index (χ0n) is 12.1. The maximum Gasteiger partial charge on any atom is 0.230 e. The lowest BCUT2D eigenvalue weighted by Gasteiger charge is -2.42. The van der Waals surface area contributed by atoms with Gasteiger partial charge in [-0.1, -0.05) is 24.6 Å². The first-order valence-electron chi connectivity index (χ1n) is 7.86. The summed E-state index contributed by atoms with van der Waals surface area (Å²) < 4.78 is 14.1. The van der Waals surface area contributed by atoms with Crippen LogP contribution in [0.15, 0.2) is 24.3 Å². The molecule has 1 aromatic rings. The Labute approximate surface area is 124 Å². The van der Waals surface area contributed by atoms with E-state index in [0.29, 0.717) is 5.56 Å². The first kappa shape index (κ1) is 14.5. The van der Waals surface area contributed by atoms with Crippen molar-refractivity contribution in [1.82, 2.24) is 5.32 Å². The highest BCUT2D eigenvalue weighted by Gasteiger charge is 2.47. The molecule has 0 aromatic heterocycles. The minimum Gasteiger partial charge on any atom is -0.393 e. The standard InChI is InChI=1S/C17H22FNO2/c18-15-5-2-1-4-14(15)17(10-3-11-17)16(21)19-12-6-8-13(20)9-7-12/h1-2,4-5,12-13,20H,3,6-11H2,(H,19,21). The highest BCUT2D eigenvalue weighted by atomic mass is 19.1. The highest BCUT2D eigenvalue weighted by molar-refractivity contribution is 5.89. The van der Waals surface area contributed by atoms with Crippen molar-refractivity contribution in [2.24, 2.45) is 0 Å². The van der Waals surface area contributed by atoms with Crippen LogP contribution in [0.3, 0.4) is 0 Å². The molecule has 2 N–H and O–H groups in total. The molecule has 114 valence electrons. The molecule has 1 aromatic carbocycles. The minimum atomic E-state index is -0.679. The first-order valence-corrected chi connectivity index (χ1v) is 7.86. The Balaban J connectivity index is 1.74. The summed E-state index contributed by atoms with van der Waals surface area (Å²) in [4.78, 5) is 12.7. The molecule has 2 aliphatic carbocycles. The molecule has 4 heteroatoms. The van der Waals surface area contributed by atoms with Gasteiger partial charge in [-0.3, -0.25) is 4.79 Å². The van der Waals surface area contributed by atoms with Crippen molar-refractivity contribution in [1.29, 1.82) is 0 Å². The van der Waals surface area contributed by atoms with Crippen molar-refractivity contribution in [3.8, 4) is 0 Å². The molecule has 0 spiro atoms. The molecule has 2 saturated carbocycles. The molecule has 3 nitrogen and oxygen atoms in total. The lowest BCUT2D eigenvalue weighted by molar-refractivity contribution is -0.131. The summed E-state index contributed by atoms with van der Waals surface area (Å²) in [6.45, 7) is 0. The van der Waals surface area contributed by atoms with Crippen LogP contribution < -0.4 is 5.32 Å². The fourth-order valence-electron chi connectivity index (χ4n) is 3.54. The average Bonchev–Trinajstić information content (AvgIpc) is 2.42. The lowest BCUT2D eigenvalue weighted by atomic mass is 9.63. The molecule has 21 heavy (non-hydrogen) atoms. The predicted octanol–water partition coefficient (Wildman–Crippen LogP) is 2.67. The Hall–Kier alpha value is -1.42. The number of benzene rings is 1. The number of aliphatic hydroxyl groups excluding tert-OH is 1. The number of aliphatic hydroxyl groups is 1. The minimum absolute atomic E-state index is 0.0414. The van der Waals surface area contributed by atoms with E-state index in [0.717, 1.165) is 44.9 Å². The van der Waals surface area contributed by atoms with Crippen molar-refractivity contribution < 1.29 is 14.3 Å². The molecular weight excluding hydrogens is 269 g/mol. The number of hydrogen-bond acceptors (Lipinski definition) is 2. The van der Waals surface area contributed by atoms with Gasteiger partial charge in [0.2, 0.25) is 5.91 Å². The maximum atomic E-state index is 14.1. The molecule has 0 atom stereocenters. The molecule has 0 bridgehead atoms. The third-order valence-electron chi connectivity index (χ3n) is 5.06. The van der Waals surface area contributed by atoms with E-state index in [2.05, 4.69) is 5.32 Å². The van der Waals surface area contributed by atoms with Gasteiger partial charge in [-0.25, -0.2) is 4.39 Å². The molecule has 0 heterocycles. The molecule has 2 aliphatic rings. The van der Waals surface area contributed by atoms with E-state index in [9.17, 15) is 14.3 Å². The second-order valence-corrected chi connectivity index (χ2v) is 6.39. The van der Waals surface area contributed by atoms with Gasteiger partial charge >= 0.3 is 0 Å². The van der Waals surface area contributed by atoms with E-state index in [1.165, 1.54) is 6.07 Å². The summed E-state index contributed by atoms with van der Waals surface area (Å²) in [5.74, 6) is -0.327. The maximum absolute atomic E-state index is 14.1. The summed E-state index contributed by atoms with van der Waals surface area (Å²) in [6, 6.07) is 6.73. The van der Waals surface area contributed by atoms with Crippen molar-refractivity contribution in [2.75, 3.05) is 0 Å². The first-order chi connectivity index (χ1) is 10.1. The monoisotopic (exact) mass is 291 g/mol. The van der Waals surface area contributed by atoms with Crippen LogP contribution in [0.4, 0.5) is 4.39 Å². The largest absolute Gasteiger partial charge is 0.393 e. The van der Waals surface area contributed by atoms with Gasteiger partial charge in [-0.05, 0) is 44.6 Å². The quantitative estimate of drug-likeness (QED) is 0.899. The molecule has 0 unspecified atom stereocenters. The molecular formula is C17H22FNO2. The van der Waals surface area contributed by atoms with E-state index in [-0.39, 0.29) is 23.9 Å². The summed E-state index contributed by atoms with van der Waals surface area (Å²) >= 11 is 0. The van der Waals surface area contributed by atoms with Crippen LogP contribution in [0.2, 0.25) is 0 Å². The summed E-state index contributed by atoms with van der Waals surface area (Å²) in [5.41, 5.74) is -0.147. The van der Waals surface area contributed by atoms with Crippen LogP contribution >= 0.6 is 0 Å². The topological polar surface area (TPSA) is 49.3 Å². The van der Waals surface area contributed by atoms with Crippen LogP contribution in [0, 0.1) is 5.82 Å². The number of carbonyl (C=O) groups is 1. The molecule has 1 amide bonds. The molecule has 3 rings (SSSR count). The number of hydrogen-bond donors (Lipinski definition) is 2. The number of carbonyl (C=O) groups excluding carboxylic acids is 1. The van der Waals surface area contributed by atoms with Crippen LogP contribution in [0.1, 0.15) is 50.5 Å². The Bertz CT molecular complexity index is 519. The van der Waals surface area contributed by atoms with E-state index < -0.39 is 5.41 Å². The number of halogens is 1. The Morgan fingerprint density at radius 1 is 1.19 bits per heavy atom. The van der Waals surface area contributed by atoms with Gasteiger partial charge in [0, 0.05) is 11.6 Å². The van der Waals surface area contributed by atoms with Gasteiger partial charge in [-0.15, -0.1) is 0 Å². The molecule has 0 saturated heterocycles. The van der Waals surface area contributed by atoms with E-state index >= 15 is 0 Å². The van der Waals surface area contributed by atoms with Gasteiger partial charge < -0.3 is 10.4 Å². The Morgan fingerprint density at radius 3 is 2.43 bits per heavy atom.